The minimum Gasteiger partial charge on any atom is -0.369 e. The first-order valence-corrected chi connectivity index (χ1v) is 10.3. The zero-order valence-electron chi connectivity index (χ0n) is 18.2. The number of fused-ring (bicyclic) bond motifs is 1. The van der Waals surface area contributed by atoms with Gasteiger partial charge in [0, 0.05) is 62.0 Å². The predicted molar refractivity (Wildman–Crippen MR) is 125 cm³/mol. The number of aromatic nitrogens is 4. The van der Waals surface area contributed by atoms with Gasteiger partial charge in [0.15, 0.2) is 0 Å². The molecule has 2 N–H and O–H groups in total. The number of rotatable bonds is 6. The lowest BCUT2D eigenvalue weighted by Gasteiger charge is -2.16. The quantitative estimate of drug-likeness (QED) is 0.490. The Hall–Kier alpha value is -4.07. The van der Waals surface area contributed by atoms with Gasteiger partial charge in [-0.15, -0.1) is 0 Å². The van der Waals surface area contributed by atoms with Crippen molar-refractivity contribution in [2.24, 2.45) is 7.05 Å². The number of carbonyl (C=O) groups excluding carboxylic acids is 1. The standard InChI is InChI=1S/C24H24N6O2/c1-15(17-5-4-6-18-19(24(32)25-2)9-10-26-23(17)18)12-27-21-11-20(28-14-29-21)16-7-8-22(31)30(3)13-16/h4-11,13-15H,12H2,1-3H3,(H,25,32)(H,27,28,29)/t15-/m1/s1. The first-order chi connectivity index (χ1) is 15.5. The van der Waals surface area contributed by atoms with E-state index in [0.717, 1.165) is 27.7 Å². The SMILES string of the molecule is CNC(=O)c1ccnc2c([C@H](C)CNc3cc(-c4ccc(=O)n(C)c4)ncn3)cccc12. The summed E-state index contributed by atoms with van der Waals surface area (Å²) in [6.07, 6.45) is 4.92. The summed E-state index contributed by atoms with van der Waals surface area (Å²) < 4.78 is 1.52. The second kappa shape index (κ2) is 8.97. The smallest absolute Gasteiger partial charge is 0.251 e. The molecule has 0 saturated carbocycles. The molecule has 32 heavy (non-hydrogen) atoms. The maximum Gasteiger partial charge on any atom is 0.251 e. The first kappa shape index (κ1) is 21.2. The number of amides is 1. The van der Waals surface area contributed by atoms with E-state index in [2.05, 4.69) is 32.5 Å². The van der Waals surface area contributed by atoms with E-state index in [-0.39, 0.29) is 17.4 Å². The van der Waals surface area contributed by atoms with E-state index in [1.54, 1.807) is 38.6 Å². The third-order valence-electron chi connectivity index (χ3n) is 5.44. The number of carbonyl (C=O) groups is 1. The van der Waals surface area contributed by atoms with E-state index in [9.17, 15) is 9.59 Å². The van der Waals surface area contributed by atoms with Gasteiger partial charge in [0.2, 0.25) is 5.56 Å². The van der Waals surface area contributed by atoms with Gasteiger partial charge < -0.3 is 15.2 Å². The lowest BCUT2D eigenvalue weighted by Crippen LogP contribution is -2.18. The van der Waals surface area contributed by atoms with Crippen molar-refractivity contribution < 1.29 is 4.79 Å². The molecule has 4 aromatic rings. The molecule has 0 radical (unpaired) electrons. The molecule has 0 spiro atoms. The summed E-state index contributed by atoms with van der Waals surface area (Å²) in [7, 11) is 3.33. The van der Waals surface area contributed by atoms with Crippen LogP contribution in [0.25, 0.3) is 22.2 Å². The van der Waals surface area contributed by atoms with Crippen molar-refractivity contribution in [3.63, 3.8) is 0 Å². The van der Waals surface area contributed by atoms with E-state index < -0.39 is 0 Å². The highest BCUT2D eigenvalue weighted by molar-refractivity contribution is 6.06. The van der Waals surface area contributed by atoms with Crippen LogP contribution in [-0.2, 0) is 7.05 Å². The van der Waals surface area contributed by atoms with Crippen molar-refractivity contribution in [3.8, 4) is 11.3 Å². The molecule has 0 aliphatic rings. The number of hydrogen-bond acceptors (Lipinski definition) is 6. The maximum atomic E-state index is 12.2. The highest BCUT2D eigenvalue weighted by Gasteiger charge is 2.15. The van der Waals surface area contributed by atoms with Gasteiger partial charge >= 0.3 is 0 Å². The number of para-hydroxylation sites is 1. The van der Waals surface area contributed by atoms with Crippen LogP contribution >= 0.6 is 0 Å². The van der Waals surface area contributed by atoms with Gasteiger partial charge in [0.05, 0.1) is 16.8 Å². The number of pyridine rings is 2. The van der Waals surface area contributed by atoms with Crippen molar-refractivity contribution in [1.82, 2.24) is 24.8 Å². The number of nitrogens with zero attached hydrogens (tertiary/aromatic N) is 4. The number of benzene rings is 1. The molecular weight excluding hydrogens is 404 g/mol. The molecule has 8 heteroatoms. The molecule has 0 bridgehead atoms. The molecule has 3 aromatic heterocycles. The molecule has 0 unspecified atom stereocenters. The molecule has 162 valence electrons. The Balaban J connectivity index is 1.56. The Bertz CT molecular complexity index is 1350. The van der Waals surface area contributed by atoms with Crippen molar-refractivity contribution >= 4 is 22.6 Å². The Morgan fingerprint density at radius 2 is 1.97 bits per heavy atom. The zero-order valence-corrected chi connectivity index (χ0v) is 18.2. The Morgan fingerprint density at radius 1 is 1.12 bits per heavy atom. The van der Waals surface area contributed by atoms with Crippen LogP contribution < -0.4 is 16.2 Å². The summed E-state index contributed by atoms with van der Waals surface area (Å²) >= 11 is 0. The third-order valence-corrected chi connectivity index (χ3v) is 5.44. The fourth-order valence-electron chi connectivity index (χ4n) is 3.65. The van der Waals surface area contributed by atoms with Crippen molar-refractivity contribution in [2.45, 2.75) is 12.8 Å². The van der Waals surface area contributed by atoms with Crippen LogP contribution in [0.4, 0.5) is 5.82 Å². The minimum absolute atomic E-state index is 0.0711. The summed E-state index contributed by atoms with van der Waals surface area (Å²) in [6.45, 7) is 2.72. The van der Waals surface area contributed by atoms with E-state index in [0.29, 0.717) is 17.9 Å². The van der Waals surface area contributed by atoms with Crippen molar-refractivity contribution in [1.29, 1.82) is 0 Å². The van der Waals surface area contributed by atoms with Gasteiger partial charge in [-0.05, 0) is 17.7 Å². The molecule has 1 aromatic carbocycles. The Labute approximate surface area is 185 Å². The highest BCUT2D eigenvalue weighted by atomic mass is 16.1. The number of anilines is 1. The Kier molecular flexibility index (Phi) is 5.93. The van der Waals surface area contributed by atoms with E-state index in [1.165, 1.54) is 17.0 Å². The van der Waals surface area contributed by atoms with Crippen LogP contribution in [0, 0.1) is 0 Å². The zero-order chi connectivity index (χ0) is 22.7. The molecule has 0 saturated heterocycles. The van der Waals surface area contributed by atoms with Crippen LogP contribution in [0.3, 0.4) is 0 Å². The minimum atomic E-state index is -0.132. The summed E-state index contributed by atoms with van der Waals surface area (Å²) in [4.78, 5) is 37.1. The van der Waals surface area contributed by atoms with Crippen LogP contribution in [0.2, 0.25) is 0 Å². The molecule has 4 rings (SSSR count). The van der Waals surface area contributed by atoms with Gasteiger partial charge in [-0.3, -0.25) is 14.6 Å². The topological polar surface area (TPSA) is 102 Å². The molecule has 3 heterocycles. The fraction of sp³-hybridized carbons (Fsp3) is 0.208. The molecule has 8 nitrogen and oxygen atoms in total. The van der Waals surface area contributed by atoms with Crippen LogP contribution in [-0.4, -0.2) is 39.0 Å². The average Bonchev–Trinajstić information content (AvgIpc) is 2.83. The van der Waals surface area contributed by atoms with Gasteiger partial charge in [-0.25, -0.2) is 9.97 Å². The highest BCUT2D eigenvalue weighted by Crippen LogP contribution is 2.27. The summed E-state index contributed by atoms with van der Waals surface area (Å²) in [5.74, 6) is 0.671. The predicted octanol–water partition coefficient (Wildman–Crippen LogP) is 2.97. The van der Waals surface area contributed by atoms with Gasteiger partial charge in [-0.1, -0.05) is 25.1 Å². The molecule has 1 amide bonds. The Morgan fingerprint density at radius 3 is 2.75 bits per heavy atom. The molecule has 0 aliphatic carbocycles. The van der Waals surface area contributed by atoms with Crippen molar-refractivity contribution in [2.75, 3.05) is 18.9 Å². The third kappa shape index (κ3) is 4.20. The molecule has 0 aliphatic heterocycles. The lowest BCUT2D eigenvalue weighted by atomic mass is 9.96. The van der Waals surface area contributed by atoms with Gasteiger partial charge in [0.1, 0.15) is 12.1 Å². The van der Waals surface area contributed by atoms with E-state index >= 15 is 0 Å². The van der Waals surface area contributed by atoms with Gasteiger partial charge in [-0.2, -0.15) is 0 Å². The maximum absolute atomic E-state index is 12.2. The summed E-state index contributed by atoms with van der Waals surface area (Å²) in [5, 5.41) is 6.88. The van der Waals surface area contributed by atoms with Crippen molar-refractivity contribution in [3.05, 3.63) is 82.7 Å². The molecular formula is C24H24N6O2. The van der Waals surface area contributed by atoms with Crippen LogP contribution in [0.5, 0.6) is 0 Å². The first-order valence-electron chi connectivity index (χ1n) is 10.3. The largest absolute Gasteiger partial charge is 0.369 e. The number of nitrogens with one attached hydrogen (secondary N) is 2. The van der Waals surface area contributed by atoms with E-state index in [4.69, 9.17) is 0 Å². The molecule has 1 atom stereocenters. The summed E-state index contributed by atoms with van der Waals surface area (Å²) in [6, 6.07) is 12.8. The fourth-order valence-corrected chi connectivity index (χ4v) is 3.65. The second-order valence-electron chi connectivity index (χ2n) is 7.62. The normalized spacial score (nSPS) is 11.8. The van der Waals surface area contributed by atoms with Crippen LogP contribution in [0.1, 0.15) is 28.8 Å². The average molecular weight is 428 g/mol. The second-order valence-corrected chi connectivity index (χ2v) is 7.62. The number of hydrogen-bond donors (Lipinski definition) is 2. The summed E-state index contributed by atoms with van der Waals surface area (Å²) in [5.41, 5.74) is 3.97. The van der Waals surface area contributed by atoms with Crippen LogP contribution in [0.15, 0.2) is 66.0 Å². The van der Waals surface area contributed by atoms with Gasteiger partial charge in [0.25, 0.3) is 5.91 Å². The molecule has 0 fully saturated rings. The monoisotopic (exact) mass is 428 g/mol. The van der Waals surface area contributed by atoms with E-state index in [1.807, 2.05) is 24.3 Å². The number of aryl methyl sites for hydroxylation is 1. The lowest BCUT2D eigenvalue weighted by molar-refractivity contribution is 0.0964.